The van der Waals surface area contributed by atoms with Gasteiger partial charge in [-0.3, -0.25) is 22.9 Å². The standard InChI is InChI=1S/C31H29N7O5/c1-18-10-12-20(16-22(18)41-5)25-27(38-14-8-7-9-24(38)33-25)32-17-19-11-13-21(23(15-19)42-6)43-30-34-28-26(35(30)2)29(39)37(4)31(40)36(28)3/h7-17H,1-6H3. The Labute approximate surface area is 245 Å². The van der Waals surface area contributed by atoms with Crippen LogP contribution in [0.25, 0.3) is 28.1 Å². The first-order chi connectivity index (χ1) is 20.7. The van der Waals surface area contributed by atoms with Crippen LogP contribution >= 0.6 is 0 Å². The number of imidazole rings is 2. The molecule has 12 nitrogen and oxygen atoms in total. The third kappa shape index (κ3) is 4.62. The number of aromatic nitrogens is 6. The zero-order chi connectivity index (χ0) is 30.4. The smallest absolute Gasteiger partial charge is 0.332 e. The molecule has 0 saturated carbocycles. The maximum Gasteiger partial charge on any atom is 0.332 e. The van der Waals surface area contributed by atoms with Gasteiger partial charge in [0.2, 0.25) is 0 Å². The first-order valence-corrected chi connectivity index (χ1v) is 13.4. The van der Waals surface area contributed by atoms with E-state index in [9.17, 15) is 9.59 Å². The quantitative estimate of drug-likeness (QED) is 0.261. The average molecular weight is 580 g/mol. The van der Waals surface area contributed by atoms with Gasteiger partial charge in [0.05, 0.1) is 14.2 Å². The highest BCUT2D eigenvalue weighted by Crippen LogP contribution is 2.35. The fourth-order valence-electron chi connectivity index (χ4n) is 4.94. The molecule has 0 radical (unpaired) electrons. The maximum atomic E-state index is 12.7. The zero-order valence-electron chi connectivity index (χ0n) is 24.5. The maximum absolute atomic E-state index is 12.7. The van der Waals surface area contributed by atoms with E-state index in [1.54, 1.807) is 39.6 Å². The van der Waals surface area contributed by atoms with Crippen LogP contribution in [0.5, 0.6) is 23.3 Å². The first-order valence-electron chi connectivity index (χ1n) is 13.4. The molecule has 0 unspecified atom stereocenters. The Balaban J connectivity index is 1.37. The Hall–Kier alpha value is -5.65. The number of methoxy groups -OCH3 is 2. The van der Waals surface area contributed by atoms with Crippen LogP contribution in [-0.2, 0) is 21.1 Å². The van der Waals surface area contributed by atoms with Gasteiger partial charge in [0.25, 0.3) is 5.56 Å². The van der Waals surface area contributed by atoms with Gasteiger partial charge >= 0.3 is 11.7 Å². The summed E-state index contributed by atoms with van der Waals surface area (Å²) in [6, 6.07) is 17.2. The Morgan fingerprint density at radius 3 is 2.40 bits per heavy atom. The molecule has 0 N–H and O–H groups in total. The molecule has 0 aliphatic rings. The minimum atomic E-state index is -0.473. The summed E-state index contributed by atoms with van der Waals surface area (Å²) in [7, 11) is 7.82. The van der Waals surface area contributed by atoms with Crippen LogP contribution in [0, 0.1) is 6.92 Å². The Bertz CT molecular complexity index is 2190. The molecule has 218 valence electrons. The normalized spacial score (nSPS) is 11.6. The van der Waals surface area contributed by atoms with Crippen molar-refractivity contribution in [2.75, 3.05) is 14.2 Å². The molecule has 0 aliphatic heterocycles. The minimum absolute atomic E-state index is 0.136. The third-order valence-corrected chi connectivity index (χ3v) is 7.35. The van der Waals surface area contributed by atoms with Crippen LogP contribution in [0.15, 0.2) is 75.4 Å². The van der Waals surface area contributed by atoms with Gasteiger partial charge in [-0.15, -0.1) is 0 Å². The van der Waals surface area contributed by atoms with Crippen LogP contribution in [0.1, 0.15) is 11.1 Å². The number of benzene rings is 2. The van der Waals surface area contributed by atoms with Crippen LogP contribution in [0.2, 0.25) is 0 Å². The van der Waals surface area contributed by atoms with E-state index in [4.69, 9.17) is 24.2 Å². The monoisotopic (exact) mass is 579 g/mol. The second-order valence-electron chi connectivity index (χ2n) is 10.00. The number of pyridine rings is 1. The van der Waals surface area contributed by atoms with Gasteiger partial charge in [-0.1, -0.05) is 18.2 Å². The Morgan fingerprint density at radius 1 is 0.837 bits per heavy atom. The molecule has 6 aromatic rings. The molecule has 0 atom stereocenters. The second kappa shape index (κ2) is 10.6. The molecule has 6 rings (SSSR count). The molecular formula is C31H29N7O5. The molecule has 2 aromatic carbocycles. The van der Waals surface area contributed by atoms with Crippen molar-refractivity contribution < 1.29 is 14.2 Å². The highest BCUT2D eigenvalue weighted by Gasteiger charge is 2.20. The number of ether oxygens (including phenoxy) is 3. The predicted molar refractivity (Wildman–Crippen MR) is 163 cm³/mol. The molecule has 0 fully saturated rings. The molecule has 0 spiro atoms. The van der Waals surface area contributed by atoms with E-state index >= 15 is 0 Å². The van der Waals surface area contributed by atoms with Gasteiger partial charge in [-0.2, -0.15) is 4.98 Å². The van der Waals surface area contributed by atoms with Crippen molar-refractivity contribution >= 4 is 28.8 Å². The summed E-state index contributed by atoms with van der Waals surface area (Å²) in [5.74, 6) is 2.24. The number of aliphatic imine (C=N–C) groups is 1. The number of aryl methyl sites for hydroxylation is 3. The molecular weight excluding hydrogens is 550 g/mol. The summed E-state index contributed by atoms with van der Waals surface area (Å²) < 4.78 is 23.0. The van der Waals surface area contributed by atoms with E-state index in [1.807, 2.05) is 60.0 Å². The van der Waals surface area contributed by atoms with Gasteiger partial charge in [0.1, 0.15) is 17.1 Å². The van der Waals surface area contributed by atoms with E-state index < -0.39 is 11.2 Å². The van der Waals surface area contributed by atoms with E-state index in [2.05, 4.69) is 4.98 Å². The number of hydrogen-bond donors (Lipinski definition) is 0. The molecule has 4 aromatic heterocycles. The highest BCUT2D eigenvalue weighted by molar-refractivity contribution is 5.86. The zero-order valence-corrected chi connectivity index (χ0v) is 24.5. The summed E-state index contributed by atoms with van der Waals surface area (Å²) in [5.41, 5.74) is 3.69. The lowest BCUT2D eigenvalue weighted by Gasteiger charge is -2.10. The molecule has 0 bridgehead atoms. The third-order valence-electron chi connectivity index (χ3n) is 7.35. The minimum Gasteiger partial charge on any atom is -0.496 e. The molecule has 4 heterocycles. The Morgan fingerprint density at radius 2 is 1.63 bits per heavy atom. The van der Waals surface area contributed by atoms with E-state index in [1.165, 1.54) is 23.3 Å². The van der Waals surface area contributed by atoms with Crippen molar-refractivity contribution in [3.63, 3.8) is 0 Å². The van der Waals surface area contributed by atoms with Crippen molar-refractivity contribution in [3.8, 4) is 34.5 Å². The van der Waals surface area contributed by atoms with Gasteiger partial charge in [-0.05, 0) is 54.4 Å². The van der Waals surface area contributed by atoms with Gasteiger partial charge < -0.3 is 14.2 Å². The molecule has 0 amide bonds. The number of rotatable bonds is 7. The lowest BCUT2D eigenvalue weighted by Crippen LogP contribution is -2.37. The molecule has 0 aliphatic carbocycles. The fourth-order valence-corrected chi connectivity index (χ4v) is 4.94. The van der Waals surface area contributed by atoms with Crippen LogP contribution in [0.3, 0.4) is 0 Å². The summed E-state index contributed by atoms with van der Waals surface area (Å²) >= 11 is 0. The largest absolute Gasteiger partial charge is 0.496 e. The first kappa shape index (κ1) is 27.5. The van der Waals surface area contributed by atoms with Crippen LogP contribution in [-0.4, -0.2) is 48.5 Å². The summed E-state index contributed by atoms with van der Waals surface area (Å²) in [4.78, 5) is 39.2. The number of hydrogen-bond acceptors (Lipinski definition) is 8. The van der Waals surface area contributed by atoms with E-state index in [0.717, 1.165) is 38.3 Å². The Kier molecular flexibility index (Phi) is 6.81. The highest BCUT2D eigenvalue weighted by atomic mass is 16.5. The summed E-state index contributed by atoms with van der Waals surface area (Å²) in [6.07, 6.45) is 3.65. The second-order valence-corrected chi connectivity index (χ2v) is 10.00. The summed E-state index contributed by atoms with van der Waals surface area (Å²) in [5, 5.41) is 0. The van der Waals surface area contributed by atoms with Crippen molar-refractivity contribution in [3.05, 3.63) is 92.8 Å². The molecule has 12 heteroatoms. The van der Waals surface area contributed by atoms with E-state index in [-0.39, 0.29) is 17.2 Å². The van der Waals surface area contributed by atoms with Gasteiger partial charge in [0, 0.05) is 39.1 Å². The molecule has 0 saturated heterocycles. The number of fused-ring (bicyclic) bond motifs is 2. The van der Waals surface area contributed by atoms with Gasteiger partial charge in [0.15, 0.2) is 28.5 Å². The van der Waals surface area contributed by atoms with Crippen molar-refractivity contribution in [1.82, 2.24) is 28.1 Å². The van der Waals surface area contributed by atoms with E-state index in [0.29, 0.717) is 17.3 Å². The SMILES string of the molecule is COc1cc(-c2nc3ccccn3c2N=Cc2ccc(Oc3nc4c(c(=O)n(C)c(=O)n4C)n3C)c(OC)c2)ccc1C. The number of nitrogens with zero attached hydrogens (tertiary/aromatic N) is 7. The lowest BCUT2D eigenvalue weighted by atomic mass is 10.1. The van der Waals surface area contributed by atoms with Crippen LogP contribution < -0.4 is 25.5 Å². The van der Waals surface area contributed by atoms with Crippen LogP contribution in [0.4, 0.5) is 5.82 Å². The lowest BCUT2D eigenvalue weighted by molar-refractivity contribution is 0.363. The summed E-state index contributed by atoms with van der Waals surface area (Å²) in [6.45, 7) is 1.99. The topological polar surface area (TPSA) is 119 Å². The van der Waals surface area contributed by atoms with Crippen molar-refractivity contribution in [1.29, 1.82) is 0 Å². The van der Waals surface area contributed by atoms with Gasteiger partial charge in [-0.25, -0.2) is 14.8 Å². The average Bonchev–Trinajstić information content (AvgIpc) is 3.56. The fraction of sp³-hybridized carbons (Fsp3) is 0.194. The van der Waals surface area contributed by atoms with Crippen molar-refractivity contribution in [2.45, 2.75) is 6.92 Å². The predicted octanol–water partition coefficient (Wildman–Crippen LogP) is 4.15. The van der Waals surface area contributed by atoms with Crippen molar-refractivity contribution in [2.24, 2.45) is 26.1 Å². The molecule has 43 heavy (non-hydrogen) atoms.